The van der Waals surface area contributed by atoms with Crippen LogP contribution in [-0.2, 0) is 25.4 Å². The molecule has 2 aromatic carbocycles. The van der Waals surface area contributed by atoms with Crippen LogP contribution in [0.4, 0.5) is 0 Å². The molecule has 2 aromatic rings. The van der Waals surface area contributed by atoms with Gasteiger partial charge < -0.3 is 29.5 Å². The summed E-state index contributed by atoms with van der Waals surface area (Å²) in [4.78, 5) is 13.4. The highest BCUT2D eigenvalue weighted by Crippen LogP contribution is 2.58. The van der Waals surface area contributed by atoms with Crippen LogP contribution in [0.1, 0.15) is 48.8 Å². The molecule has 7 nitrogen and oxygen atoms in total. The van der Waals surface area contributed by atoms with Gasteiger partial charge in [0.25, 0.3) is 5.91 Å². The quantitative estimate of drug-likeness (QED) is 0.498. The van der Waals surface area contributed by atoms with E-state index < -0.39 is 24.8 Å². The lowest BCUT2D eigenvalue weighted by Crippen LogP contribution is -2.50. The zero-order chi connectivity index (χ0) is 20.9. The molecule has 2 bridgehead atoms. The van der Waals surface area contributed by atoms with Gasteiger partial charge in [-0.05, 0) is 37.0 Å². The van der Waals surface area contributed by atoms with Crippen LogP contribution >= 0.6 is 0 Å². The molecule has 3 aliphatic heterocycles. The maximum absolute atomic E-state index is 13.4. The van der Waals surface area contributed by atoms with Crippen LogP contribution in [0.5, 0.6) is 5.75 Å². The van der Waals surface area contributed by atoms with E-state index in [1.54, 1.807) is 0 Å². The van der Waals surface area contributed by atoms with E-state index in [0.717, 1.165) is 28.9 Å². The summed E-state index contributed by atoms with van der Waals surface area (Å²) >= 11 is 0. The molecule has 0 saturated carbocycles. The zero-order valence-corrected chi connectivity index (χ0v) is 16.7. The fraction of sp³-hybridized carbons (Fsp3) is 0.409. The molecule has 8 heteroatoms. The minimum absolute atomic E-state index is 0.0339. The van der Waals surface area contributed by atoms with E-state index in [4.69, 9.17) is 14.1 Å². The highest BCUT2D eigenvalue weighted by atomic mass is 16.6. The monoisotopic (exact) mass is 409 g/mol. The molecule has 1 saturated heterocycles. The molecule has 0 unspecified atom stereocenters. The summed E-state index contributed by atoms with van der Waals surface area (Å²) < 4.78 is 17.2. The SMILES string of the molecule is C[C@]12CC[C@](C(=O)N[C@@H](C[C@@H]3COc4ccccc43)OB(O)O)(O1)c1ccccc12. The molecule has 1 amide bonds. The lowest BCUT2D eigenvalue weighted by Gasteiger charge is -2.29. The van der Waals surface area contributed by atoms with Crippen molar-refractivity contribution in [3.05, 3.63) is 65.2 Å². The summed E-state index contributed by atoms with van der Waals surface area (Å²) in [7, 11) is -2.00. The average molecular weight is 409 g/mol. The fourth-order valence-corrected chi connectivity index (χ4v) is 5.10. The van der Waals surface area contributed by atoms with E-state index in [1.807, 2.05) is 55.5 Å². The first-order valence-corrected chi connectivity index (χ1v) is 10.3. The highest BCUT2D eigenvalue weighted by molar-refractivity contribution is 6.32. The molecule has 0 radical (unpaired) electrons. The number of rotatable bonds is 6. The average Bonchev–Trinajstić information content (AvgIpc) is 3.37. The van der Waals surface area contributed by atoms with Crippen molar-refractivity contribution >= 4 is 13.2 Å². The number of benzene rings is 2. The van der Waals surface area contributed by atoms with Crippen molar-refractivity contribution in [1.29, 1.82) is 0 Å². The molecule has 0 aliphatic carbocycles. The van der Waals surface area contributed by atoms with Gasteiger partial charge in [-0.2, -0.15) is 0 Å². The second-order valence-electron chi connectivity index (χ2n) is 8.41. The van der Waals surface area contributed by atoms with Crippen LogP contribution in [0.25, 0.3) is 0 Å². The molecule has 30 heavy (non-hydrogen) atoms. The summed E-state index contributed by atoms with van der Waals surface area (Å²) in [6.07, 6.45) is 0.746. The molecule has 156 valence electrons. The summed E-state index contributed by atoms with van der Waals surface area (Å²) in [5, 5.41) is 21.7. The van der Waals surface area contributed by atoms with Crippen LogP contribution in [0, 0.1) is 0 Å². The molecular weight excluding hydrogens is 385 g/mol. The molecule has 1 fully saturated rings. The third-order valence-electron chi connectivity index (χ3n) is 6.53. The lowest BCUT2D eigenvalue weighted by atomic mass is 9.77. The summed E-state index contributed by atoms with van der Waals surface area (Å²) in [5.41, 5.74) is 1.34. The van der Waals surface area contributed by atoms with Crippen molar-refractivity contribution in [1.82, 2.24) is 5.32 Å². The van der Waals surface area contributed by atoms with Gasteiger partial charge in [0.15, 0.2) is 5.60 Å². The van der Waals surface area contributed by atoms with Crippen LogP contribution < -0.4 is 10.1 Å². The van der Waals surface area contributed by atoms with Gasteiger partial charge in [0.1, 0.15) is 12.0 Å². The van der Waals surface area contributed by atoms with Gasteiger partial charge >= 0.3 is 7.32 Å². The molecule has 5 rings (SSSR count). The van der Waals surface area contributed by atoms with Gasteiger partial charge in [-0.1, -0.05) is 42.5 Å². The Bertz CT molecular complexity index is 984. The molecule has 4 atom stereocenters. The first-order chi connectivity index (χ1) is 14.4. The largest absolute Gasteiger partial charge is 0.635 e. The smallest absolute Gasteiger partial charge is 0.493 e. The van der Waals surface area contributed by atoms with Gasteiger partial charge in [0.2, 0.25) is 0 Å². The van der Waals surface area contributed by atoms with Crippen molar-refractivity contribution < 1.29 is 29.0 Å². The Morgan fingerprint density at radius 3 is 2.73 bits per heavy atom. The van der Waals surface area contributed by atoms with E-state index in [0.29, 0.717) is 19.4 Å². The second-order valence-corrected chi connectivity index (χ2v) is 8.41. The number of para-hydroxylation sites is 1. The predicted octanol–water partition coefficient (Wildman–Crippen LogP) is 1.92. The standard InChI is InChI=1S/C22H24BNO6/c1-21-10-11-22(30-21,17-8-4-3-7-16(17)21)20(25)24-19(29-23(26)27)12-14-13-28-18-9-5-2-6-15(14)18/h2-9,14,19,26-27H,10-13H2,1H3,(H,24,25)/t14-,19-,21-,22+/m1/s1. The summed E-state index contributed by atoms with van der Waals surface area (Å²) in [6.45, 7) is 2.45. The Morgan fingerprint density at radius 1 is 1.20 bits per heavy atom. The molecule has 0 aromatic heterocycles. The summed E-state index contributed by atoms with van der Waals surface area (Å²) in [5.74, 6) is 0.442. The van der Waals surface area contributed by atoms with E-state index in [1.165, 1.54) is 0 Å². The van der Waals surface area contributed by atoms with E-state index in [9.17, 15) is 14.8 Å². The van der Waals surface area contributed by atoms with Crippen LogP contribution in [0.3, 0.4) is 0 Å². The number of carbonyl (C=O) groups is 1. The maximum Gasteiger partial charge on any atom is 0.635 e. The second kappa shape index (κ2) is 7.09. The minimum atomic E-state index is -2.00. The van der Waals surface area contributed by atoms with Gasteiger partial charge in [-0.25, -0.2) is 0 Å². The van der Waals surface area contributed by atoms with Crippen molar-refractivity contribution in [2.45, 2.75) is 49.5 Å². The maximum atomic E-state index is 13.4. The third kappa shape index (κ3) is 3.03. The predicted molar refractivity (Wildman–Crippen MR) is 108 cm³/mol. The van der Waals surface area contributed by atoms with Crippen molar-refractivity contribution in [3.63, 3.8) is 0 Å². The number of amides is 1. The molecule has 0 spiro atoms. The number of nitrogens with one attached hydrogen (secondary N) is 1. The van der Waals surface area contributed by atoms with Crippen molar-refractivity contribution in [2.75, 3.05) is 6.61 Å². The molecular formula is C22H24BNO6. The van der Waals surface area contributed by atoms with Gasteiger partial charge in [-0.15, -0.1) is 0 Å². The normalized spacial score (nSPS) is 29.1. The van der Waals surface area contributed by atoms with E-state index in [2.05, 4.69) is 5.32 Å². The Kier molecular flexibility index (Phi) is 4.63. The van der Waals surface area contributed by atoms with Gasteiger partial charge in [-0.3, -0.25) is 4.79 Å². The molecule has 3 N–H and O–H groups in total. The third-order valence-corrected chi connectivity index (χ3v) is 6.53. The topological polar surface area (TPSA) is 97.3 Å². The molecule has 3 aliphatic rings. The van der Waals surface area contributed by atoms with Crippen LogP contribution in [-0.4, -0.2) is 36.1 Å². The lowest BCUT2D eigenvalue weighted by molar-refractivity contribution is -0.154. The number of carbonyl (C=O) groups excluding carboxylic acids is 1. The Hall–Kier alpha value is -2.39. The number of fused-ring (bicyclic) bond motifs is 6. The van der Waals surface area contributed by atoms with Gasteiger partial charge in [0.05, 0.1) is 12.2 Å². The van der Waals surface area contributed by atoms with E-state index >= 15 is 0 Å². The van der Waals surface area contributed by atoms with Crippen molar-refractivity contribution in [2.24, 2.45) is 0 Å². The first-order valence-electron chi connectivity index (χ1n) is 10.3. The van der Waals surface area contributed by atoms with Crippen LogP contribution in [0.2, 0.25) is 0 Å². The molecule has 3 heterocycles. The number of hydrogen-bond acceptors (Lipinski definition) is 6. The van der Waals surface area contributed by atoms with Crippen LogP contribution in [0.15, 0.2) is 48.5 Å². The Morgan fingerprint density at radius 2 is 1.93 bits per heavy atom. The Labute approximate surface area is 175 Å². The summed E-state index contributed by atoms with van der Waals surface area (Å²) in [6, 6.07) is 15.5. The van der Waals surface area contributed by atoms with E-state index in [-0.39, 0.29) is 11.8 Å². The zero-order valence-electron chi connectivity index (χ0n) is 16.7. The number of hydrogen-bond donors (Lipinski definition) is 3. The minimum Gasteiger partial charge on any atom is -0.493 e. The first kappa shape index (κ1) is 19.6. The van der Waals surface area contributed by atoms with Gasteiger partial charge in [0, 0.05) is 17.9 Å². The fourth-order valence-electron chi connectivity index (χ4n) is 5.10. The Balaban J connectivity index is 1.38. The van der Waals surface area contributed by atoms with Crippen molar-refractivity contribution in [3.8, 4) is 5.75 Å². The highest BCUT2D eigenvalue weighted by Gasteiger charge is 2.61. The number of ether oxygens (including phenoxy) is 2.